The Hall–Kier alpha value is -2.07. The molecule has 0 aromatic heterocycles. The first kappa shape index (κ1) is 16.9. The summed E-state index contributed by atoms with van der Waals surface area (Å²) < 4.78 is 9.50. The number of hydrogen-bond acceptors (Lipinski definition) is 6. The average Bonchev–Trinajstić information content (AvgIpc) is 2.39. The number of amides is 1. The molecule has 0 aromatic carbocycles. The van der Waals surface area contributed by atoms with Gasteiger partial charge in [-0.05, 0) is 6.92 Å². The Kier molecular flexibility index (Phi) is 9.84. The lowest BCUT2D eigenvalue weighted by Crippen LogP contribution is -2.29. The van der Waals surface area contributed by atoms with Gasteiger partial charge in [-0.3, -0.25) is 9.59 Å². The van der Waals surface area contributed by atoms with Crippen molar-refractivity contribution < 1.29 is 19.1 Å². The quantitative estimate of drug-likeness (QED) is 0.258. The number of ether oxygens (including phenoxy) is 2. The number of methoxy groups -OCH3 is 1. The Morgan fingerprint density at radius 3 is 2.68 bits per heavy atom. The van der Waals surface area contributed by atoms with Gasteiger partial charge in [-0.25, -0.2) is 0 Å². The molecule has 0 bridgehead atoms. The van der Waals surface area contributed by atoms with E-state index in [0.29, 0.717) is 26.3 Å². The minimum atomic E-state index is -0.483. The molecule has 0 saturated carbocycles. The van der Waals surface area contributed by atoms with Crippen molar-refractivity contribution >= 4 is 11.9 Å². The molecule has 0 radical (unpaired) electrons. The van der Waals surface area contributed by atoms with Crippen molar-refractivity contribution in [3.8, 4) is 6.07 Å². The van der Waals surface area contributed by atoms with E-state index >= 15 is 0 Å². The van der Waals surface area contributed by atoms with Crippen LogP contribution in [-0.4, -0.2) is 45.3 Å². The van der Waals surface area contributed by atoms with Gasteiger partial charge in [0.25, 0.3) is 5.91 Å². The van der Waals surface area contributed by atoms with Gasteiger partial charge in [-0.2, -0.15) is 5.26 Å². The lowest BCUT2D eigenvalue weighted by Gasteiger charge is -2.04. The third-order valence-electron chi connectivity index (χ3n) is 1.98. The highest BCUT2D eigenvalue weighted by atomic mass is 16.5. The molecule has 0 atom stereocenters. The Balaban J connectivity index is 4.01. The molecule has 0 rings (SSSR count). The highest BCUT2D eigenvalue weighted by molar-refractivity contribution is 5.97. The van der Waals surface area contributed by atoms with Gasteiger partial charge in [-0.1, -0.05) is 0 Å². The first-order chi connectivity index (χ1) is 9.15. The van der Waals surface area contributed by atoms with Gasteiger partial charge >= 0.3 is 5.97 Å². The number of rotatable bonds is 9. The van der Waals surface area contributed by atoms with Gasteiger partial charge in [0.15, 0.2) is 0 Å². The maximum atomic E-state index is 11.5. The molecule has 0 aliphatic heterocycles. The lowest BCUT2D eigenvalue weighted by molar-refractivity contribution is -0.142. The molecule has 0 aliphatic carbocycles. The number of nitrogens with zero attached hydrogens (tertiary/aromatic N) is 1. The number of carbonyl (C=O) groups is 2. The molecule has 106 valence electrons. The normalized spacial score (nSPS) is 10.5. The van der Waals surface area contributed by atoms with Crippen LogP contribution in [0.3, 0.4) is 0 Å². The summed E-state index contributed by atoms with van der Waals surface area (Å²) in [4.78, 5) is 22.5. The predicted octanol–water partition coefficient (Wildman–Crippen LogP) is -0.301. The van der Waals surface area contributed by atoms with Crippen molar-refractivity contribution in [3.05, 3.63) is 11.8 Å². The van der Waals surface area contributed by atoms with Crippen LogP contribution in [0.1, 0.15) is 13.3 Å². The van der Waals surface area contributed by atoms with Crippen LogP contribution in [0, 0.1) is 11.3 Å². The average molecular weight is 269 g/mol. The molecule has 19 heavy (non-hydrogen) atoms. The molecule has 0 aliphatic rings. The number of esters is 1. The zero-order chi connectivity index (χ0) is 14.5. The molecule has 0 spiro atoms. The topological polar surface area (TPSA) is 100 Å². The van der Waals surface area contributed by atoms with Gasteiger partial charge in [-0.15, -0.1) is 0 Å². The van der Waals surface area contributed by atoms with E-state index < -0.39 is 5.91 Å². The Bertz CT molecular complexity index is 360. The number of nitrogens with one attached hydrogen (secondary N) is 2. The minimum absolute atomic E-state index is 0.0556. The van der Waals surface area contributed by atoms with E-state index in [1.807, 2.05) is 0 Å². The van der Waals surface area contributed by atoms with Gasteiger partial charge in [0.2, 0.25) is 0 Å². The summed E-state index contributed by atoms with van der Waals surface area (Å²) >= 11 is 0. The smallest absolute Gasteiger partial charge is 0.307 e. The monoisotopic (exact) mass is 269 g/mol. The fraction of sp³-hybridized carbons (Fsp3) is 0.583. The van der Waals surface area contributed by atoms with E-state index in [4.69, 9.17) is 14.7 Å². The highest BCUT2D eigenvalue weighted by Gasteiger charge is 2.07. The van der Waals surface area contributed by atoms with Crippen molar-refractivity contribution in [2.75, 3.05) is 33.4 Å². The summed E-state index contributed by atoms with van der Waals surface area (Å²) in [5, 5.41) is 14.0. The van der Waals surface area contributed by atoms with E-state index in [2.05, 4.69) is 10.6 Å². The molecular formula is C12H19N3O4. The summed E-state index contributed by atoms with van der Waals surface area (Å²) in [5.74, 6) is -0.811. The summed E-state index contributed by atoms with van der Waals surface area (Å²) in [6.45, 7) is 3.07. The first-order valence-corrected chi connectivity index (χ1v) is 5.92. The van der Waals surface area contributed by atoms with Crippen molar-refractivity contribution in [1.29, 1.82) is 5.26 Å². The molecule has 0 saturated heterocycles. The Morgan fingerprint density at radius 1 is 1.37 bits per heavy atom. The largest absolute Gasteiger partial charge is 0.466 e. The third kappa shape index (κ3) is 8.63. The first-order valence-electron chi connectivity index (χ1n) is 5.92. The second-order valence-electron chi connectivity index (χ2n) is 3.43. The fourth-order valence-corrected chi connectivity index (χ4v) is 1.09. The molecule has 0 unspecified atom stereocenters. The van der Waals surface area contributed by atoms with Crippen molar-refractivity contribution in [2.45, 2.75) is 13.3 Å². The lowest BCUT2D eigenvalue weighted by atomic mass is 10.3. The van der Waals surface area contributed by atoms with E-state index in [0.717, 1.165) is 0 Å². The fourth-order valence-electron chi connectivity index (χ4n) is 1.09. The highest BCUT2D eigenvalue weighted by Crippen LogP contribution is 1.91. The summed E-state index contributed by atoms with van der Waals surface area (Å²) in [6, 6.07) is 1.77. The SMILES string of the molecule is CCOC(=O)CCN/C=C(/C#N)C(=O)NCCOC. The van der Waals surface area contributed by atoms with Crippen LogP contribution in [0.2, 0.25) is 0 Å². The number of nitriles is 1. The Labute approximate surface area is 112 Å². The second-order valence-corrected chi connectivity index (χ2v) is 3.43. The van der Waals surface area contributed by atoms with Gasteiger partial charge in [0, 0.05) is 26.4 Å². The van der Waals surface area contributed by atoms with Crippen LogP contribution in [0.25, 0.3) is 0 Å². The van der Waals surface area contributed by atoms with Crippen LogP contribution < -0.4 is 10.6 Å². The molecule has 7 nitrogen and oxygen atoms in total. The zero-order valence-electron chi connectivity index (χ0n) is 11.2. The van der Waals surface area contributed by atoms with Crippen molar-refractivity contribution in [3.63, 3.8) is 0 Å². The summed E-state index contributed by atoms with van der Waals surface area (Å²) in [7, 11) is 1.52. The van der Waals surface area contributed by atoms with E-state index in [1.54, 1.807) is 13.0 Å². The molecule has 0 fully saturated rings. The Morgan fingerprint density at radius 2 is 2.11 bits per heavy atom. The van der Waals surface area contributed by atoms with Crippen LogP contribution in [0.4, 0.5) is 0 Å². The van der Waals surface area contributed by atoms with Crippen molar-refractivity contribution in [1.82, 2.24) is 10.6 Å². The van der Waals surface area contributed by atoms with E-state index in [1.165, 1.54) is 13.3 Å². The number of carbonyl (C=O) groups excluding carboxylic acids is 2. The van der Waals surface area contributed by atoms with Gasteiger partial charge in [0.05, 0.1) is 19.6 Å². The summed E-state index contributed by atoms with van der Waals surface area (Å²) in [6.07, 6.45) is 1.45. The maximum Gasteiger partial charge on any atom is 0.307 e. The van der Waals surface area contributed by atoms with E-state index in [-0.39, 0.29) is 18.0 Å². The standard InChI is InChI=1S/C12H19N3O4/c1-3-19-11(16)4-5-14-9-10(8-13)12(17)15-6-7-18-2/h9,14H,3-7H2,1-2H3,(H,15,17)/b10-9-. The molecule has 7 heteroatoms. The predicted molar refractivity (Wildman–Crippen MR) is 67.8 cm³/mol. The zero-order valence-corrected chi connectivity index (χ0v) is 11.2. The summed E-state index contributed by atoms with van der Waals surface area (Å²) in [5.41, 5.74) is -0.0556. The van der Waals surface area contributed by atoms with Crippen molar-refractivity contribution in [2.24, 2.45) is 0 Å². The van der Waals surface area contributed by atoms with Crippen LogP contribution >= 0.6 is 0 Å². The maximum absolute atomic E-state index is 11.5. The van der Waals surface area contributed by atoms with Crippen LogP contribution in [0.5, 0.6) is 0 Å². The van der Waals surface area contributed by atoms with Gasteiger partial charge < -0.3 is 20.1 Å². The third-order valence-corrected chi connectivity index (χ3v) is 1.98. The second kappa shape index (κ2) is 11.0. The minimum Gasteiger partial charge on any atom is -0.466 e. The van der Waals surface area contributed by atoms with Gasteiger partial charge in [0.1, 0.15) is 11.6 Å². The molecule has 0 heterocycles. The molecular weight excluding hydrogens is 250 g/mol. The van der Waals surface area contributed by atoms with Crippen LogP contribution in [-0.2, 0) is 19.1 Å². The molecule has 1 amide bonds. The van der Waals surface area contributed by atoms with E-state index in [9.17, 15) is 9.59 Å². The van der Waals surface area contributed by atoms with Crippen LogP contribution in [0.15, 0.2) is 11.8 Å². The molecule has 0 aromatic rings. The number of hydrogen-bond donors (Lipinski definition) is 2. The molecule has 2 N–H and O–H groups in total.